The van der Waals surface area contributed by atoms with Crippen molar-refractivity contribution in [2.24, 2.45) is 5.41 Å². The van der Waals surface area contributed by atoms with Crippen LogP contribution in [0.15, 0.2) is 48.5 Å². The van der Waals surface area contributed by atoms with E-state index >= 15 is 0 Å². The van der Waals surface area contributed by atoms with E-state index in [-0.39, 0.29) is 29.4 Å². The Kier molecular flexibility index (Phi) is 8.90. The van der Waals surface area contributed by atoms with Crippen LogP contribution in [0.5, 0.6) is 0 Å². The molecule has 1 aliphatic rings. The number of halogens is 1. The lowest BCUT2D eigenvalue weighted by atomic mass is 9.85. The Bertz CT molecular complexity index is 1240. The molecule has 3 rings (SSSR count). The van der Waals surface area contributed by atoms with Gasteiger partial charge in [0.25, 0.3) is 11.8 Å². The summed E-state index contributed by atoms with van der Waals surface area (Å²) < 4.78 is 10.3. The number of rotatable bonds is 9. The second-order valence-corrected chi connectivity index (χ2v) is 10.0. The van der Waals surface area contributed by atoms with Crippen LogP contribution in [0.25, 0.3) is 0 Å². The van der Waals surface area contributed by atoms with Crippen LogP contribution in [0.1, 0.15) is 43.6 Å². The molecule has 2 aromatic carbocycles. The average molecular weight is 544 g/mol. The van der Waals surface area contributed by atoms with Gasteiger partial charge < -0.3 is 14.8 Å². The smallest absolute Gasteiger partial charge is 0.337 e. The first-order chi connectivity index (χ1) is 17.9. The zero-order chi connectivity index (χ0) is 28.2. The highest BCUT2D eigenvalue weighted by molar-refractivity contribution is 6.34. The summed E-state index contributed by atoms with van der Waals surface area (Å²) >= 11 is 6.23. The lowest BCUT2D eigenvalue weighted by molar-refractivity contribution is -0.149. The van der Waals surface area contributed by atoms with Crippen molar-refractivity contribution in [3.8, 4) is 0 Å². The fraction of sp³-hybridized carbons (Fsp3) is 0.370. The van der Waals surface area contributed by atoms with E-state index in [0.717, 1.165) is 5.56 Å². The number of urea groups is 1. The third kappa shape index (κ3) is 6.03. The first kappa shape index (κ1) is 28.8. The number of nitrogens with zero attached hydrogens (tertiary/aromatic N) is 2. The monoisotopic (exact) mass is 543 g/mol. The lowest BCUT2D eigenvalue weighted by Crippen LogP contribution is -2.55. The van der Waals surface area contributed by atoms with Gasteiger partial charge in [-0.25, -0.2) is 14.5 Å². The molecule has 1 fully saturated rings. The molecule has 38 heavy (non-hydrogen) atoms. The quantitative estimate of drug-likeness (QED) is 0.289. The summed E-state index contributed by atoms with van der Waals surface area (Å²) in [6.07, 6.45) is -1.32. The van der Waals surface area contributed by atoms with E-state index < -0.39 is 47.3 Å². The van der Waals surface area contributed by atoms with Crippen molar-refractivity contribution in [1.29, 1.82) is 0 Å². The number of ketones is 1. The number of ether oxygens (including phenoxy) is 2. The topological polar surface area (TPSA) is 122 Å². The molecule has 0 spiro atoms. The number of methoxy groups -OCH3 is 1. The Hall–Kier alpha value is -3.76. The van der Waals surface area contributed by atoms with Crippen LogP contribution < -0.4 is 5.32 Å². The third-order valence-electron chi connectivity index (χ3n) is 5.84. The first-order valence-electron chi connectivity index (χ1n) is 11.9. The van der Waals surface area contributed by atoms with Crippen molar-refractivity contribution in [1.82, 2.24) is 9.80 Å². The van der Waals surface area contributed by atoms with Gasteiger partial charge >= 0.3 is 12.0 Å². The predicted octanol–water partition coefficient (Wildman–Crippen LogP) is 3.88. The maximum absolute atomic E-state index is 13.6. The highest BCUT2D eigenvalue weighted by atomic mass is 35.5. The molecule has 11 heteroatoms. The van der Waals surface area contributed by atoms with E-state index in [9.17, 15) is 24.0 Å². The van der Waals surface area contributed by atoms with Crippen molar-refractivity contribution in [3.63, 3.8) is 0 Å². The highest BCUT2D eigenvalue weighted by Gasteiger charge is 2.54. The number of carbonyl (C=O) groups excluding carboxylic acids is 5. The van der Waals surface area contributed by atoms with Crippen molar-refractivity contribution in [2.75, 3.05) is 19.0 Å². The number of carbonyl (C=O) groups is 5. The zero-order valence-electron chi connectivity index (χ0n) is 21.8. The number of benzene rings is 2. The molecule has 0 aliphatic carbocycles. The van der Waals surface area contributed by atoms with Gasteiger partial charge in [0.05, 0.1) is 29.9 Å². The van der Waals surface area contributed by atoms with E-state index in [1.165, 1.54) is 30.2 Å². The molecule has 0 bridgehead atoms. The molecule has 2 atom stereocenters. The van der Waals surface area contributed by atoms with Crippen LogP contribution in [0.3, 0.4) is 0 Å². The number of imide groups is 1. The molecule has 2 unspecified atom stereocenters. The molecule has 0 saturated carbocycles. The predicted molar refractivity (Wildman–Crippen MR) is 139 cm³/mol. The normalized spacial score (nSPS) is 16.4. The highest BCUT2D eigenvalue weighted by Crippen LogP contribution is 2.30. The molecule has 0 aromatic heterocycles. The van der Waals surface area contributed by atoms with Gasteiger partial charge in [0, 0.05) is 12.0 Å². The molecule has 202 valence electrons. The van der Waals surface area contributed by atoms with E-state index in [0.29, 0.717) is 4.90 Å². The summed E-state index contributed by atoms with van der Waals surface area (Å²) in [5.74, 6) is -3.14. The van der Waals surface area contributed by atoms with Gasteiger partial charge in [-0.05, 0) is 30.7 Å². The maximum atomic E-state index is 13.6. The van der Waals surface area contributed by atoms with E-state index in [1.54, 1.807) is 52.0 Å². The van der Waals surface area contributed by atoms with Gasteiger partial charge in [0.2, 0.25) is 6.23 Å². The summed E-state index contributed by atoms with van der Waals surface area (Å²) in [4.78, 5) is 68.0. The zero-order valence-corrected chi connectivity index (χ0v) is 22.6. The first-order valence-corrected chi connectivity index (χ1v) is 12.3. The molecule has 1 aliphatic heterocycles. The molecule has 1 heterocycles. The van der Waals surface area contributed by atoms with Crippen molar-refractivity contribution in [2.45, 2.75) is 46.5 Å². The number of Topliss-reactive ketones (excluding diaryl/α,β-unsaturated/α-hetero) is 1. The fourth-order valence-corrected chi connectivity index (χ4v) is 4.07. The van der Waals surface area contributed by atoms with Crippen LogP contribution in [-0.2, 0) is 30.4 Å². The average Bonchev–Trinajstić information content (AvgIpc) is 3.09. The van der Waals surface area contributed by atoms with Crippen molar-refractivity contribution < 1.29 is 33.4 Å². The van der Waals surface area contributed by atoms with Gasteiger partial charge in [-0.1, -0.05) is 62.7 Å². The Labute approximate surface area is 225 Å². The van der Waals surface area contributed by atoms with Crippen molar-refractivity contribution in [3.05, 3.63) is 64.7 Å². The number of nitrogens with one attached hydrogen (secondary N) is 1. The van der Waals surface area contributed by atoms with Crippen LogP contribution in [0.4, 0.5) is 10.5 Å². The molecule has 2 aromatic rings. The van der Waals surface area contributed by atoms with Crippen LogP contribution in [0, 0.1) is 5.41 Å². The van der Waals surface area contributed by atoms with Crippen LogP contribution in [0.2, 0.25) is 5.02 Å². The summed E-state index contributed by atoms with van der Waals surface area (Å²) in [7, 11) is 1.20. The summed E-state index contributed by atoms with van der Waals surface area (Å²) in [5, 5.41) is 2.58. The van der Waals surface area contributed by atoms with Gasteiger partial charge in [0.1, 0.15) is 0 Å². The standard InChI is InChI=1S/C27H30ClN3O7/c1-6-38-24-23(34)31(26(36)30(24)15-16-10-8-7-9-11-16)20(21(32)27(2,3)4)22(33)29-19-14-17(25(35)37-5)12-13-18(19)28/h7-14,20,24H,6,15H2,1-5H3,(H,29,33). The summed E-state index contributed by atoms with van der Waals surface area (Å²) in [6.45, 7) is 6.54. The molecule has 4 amide bonds. The molecule has 0 radical (unpaired) electrons. The van der Waals surface area contributed by atoms with Crippen LogP contribution in [-0.4, -0.2) is 65.4 Å². The van der Waals surface area contributed by atoms with Gasteiger partial charge in [-0.15, -0.1) is 0 Å². The second-order valence-electron chi connectivity index (χ2n) is 9.60. The summed E-state index contributed by atoms with van der Waals surface area (Å²) in [6, 6.07) is 10.4. The van der Waals surface area contributed by atoms with Gasteiger partial charge in [-0.2, -0.15) is 0 Å². The number of hydrogen-bond acceptors (Lipinski definition) is 7. The van der Waals surface area contributed by atoms with E-state index in [2.05, 4.69) is 5.32 Å². The van der Waals surface area contributed by atoms with Crippen LogP contribution >= 0.6 is 11.6 Å². The SMILES string of the molecule is CCOC1C(=O)N(C(C(=O)Nc2cc(C(=O)OC)ccc2Cl)C(=O)C(C)(C)C)C(=O)N1Cc1ccccc1. The summed E-state index contributed by atoms with van der Waals surface area (Å²) in [5.41, 5.74) is -0.263. The molecule has 1 saturated heterocycles. The van der Waals surface area contributed by atoms with E-state index in [4.69, 9.17) is 21.1 Å². The fourth-order valence-electron chi connectivity index (χ4n) is 3.90. The Morgan fingerprint density at radius 2 is 1.74 bits per heavy atom. The minimum atomic E-state index is -1.82. The van der Waals surface area contributed by atoms with E-state index in [1.807, 2.05) is 6.07 Å². The lowest BCUT2D eigenvalue weighted by Gasteiger charge is -2.29. The third-order valence-corrected chi connectivity index (χ3v) is 6.17. The number of amides is 4. The Balaban J connectivity index is 2.02. The maximum Gasteiger partial charge on any atom is 0.337 e. The Morgan fingerprint density at radius 1 is 1.08 bits per heavy atom. The van der Waals surface area contributed by atoms with Gasteiger partial charge in [-0.3, -0.25) is 19.3 Å². The molecular weight excluding hydrogens is 514 g/mol. The minimum Gasteiger partial charge on any atom is -0.465 e. The second kappa shape index (κ2) is 11.7. The number of hydrogen-bond donors (Lipinski definition) is 1. The minimum absolute atomic E-state index is 0.00729. The Morgan fingerprint density at radius 3 is 2.32 bits per heavy atom. The molecular formula is C27H30ClN3O7. The number of esters is 1. The largest absolute Gasteiger partial charge is 0.465 e. The van der Waals surface area contributed by atoms with Crippen molar-refractivity contribution >= 4 is 46.9 Å². The number of anilines is 1. The van der Waals surface area contributed by atoms with Gasteiger partial charge in [0.15, 0.2) is 11.8 Å². The molecule has 10 nitrogen and oxygen atoms in total. The molecule has 1 N–H and O–H groups in total.